The summed E-state index contributed by atoms with van der Waals surface area (Å²) >= 11 is 12.1. The zero-order valence-electron chi connectivity index (χ0n) is 15.5. The average molecular weight is 401 g/mol. The van der Waals surface area contributed by atoms with E-state index < -0.39 is 5.79 Å². The molecule has 2 aliphatic rings. The van der Waals surface area contributed by atoms with Crippen molar-refractivity contribution in [2.45, 2.75) is 43.6 Å². The maximum Gasteiger partial charge on any atom is 0.227 e. The Hall–Kier alpha value is -0.850. The van der Waals surface area contributed by atoms with E-state index in [-0.39, 0.29) is 24.4 Å². The summed E-state index contributed by atoms with van der Waals surface area (Å²) < 4.78 is 12.1. The number of ether oxygens (including phenoxy) is 2. The third kappa shape index (κ3) is 3.87. The summed E-state index contributed by atoms with van der Waals surface area (Å²) in [5, 5.41) is 0.949. The summed E-state index contributed by atoms with van der Waals surface area (Å²) in [5.74, 6) is -0.685. The highest BCUT2D eigenvalue weighted by Crippen LogP contribution is 2.40. The van der Waals surface area contributed by atoms with E-state index in [0.29, 0.717) is 23.3 Å². The Bertz CT molecular complexity index is 662. The third-order valence-corrected chi connectivity index (χ3v) is 6.17. The van der Waals surface area contributed by atoms with Crippen molar-refractivity contribution in [3.8, 4) is 0 Å². The lowest BCUT2D eigenvalue weighted by Gasteiger charge is -2.50. The van der Waals surface area contributed by atoms with E-state index >= 15 is 0 Å². The summed E-state index contributed by atoms with van der Waals surface area (Å²) in [7, 11) is 5.94. The zero-order valence-corrected chi connectivity index (χ0v) is 17.0. The fourth-order valence-electron chi connectivity index (χ4n) is 4.14. The van der Waals surface area contributed by atoms with Crippen LogP contribution in [0.25, 0.3) is 0 Å². The summed E-state index contributed by atoms with van der Waals surface area (Å²) in [6.45, 7) is 1.15. The Morgan fingerprint density at radius 1 is 1.19 bits per heavy atom. The van der Waals surface area contributed by atoms with Gasteiger partial charge in [0.2, 0.25) is 5.91 Å². The number of hydrogen-bond acceptors (Lipinski definition) is 4. The number of nitrogens with zero attached hydrogens (tertiary/aromatic N) is 2. The van der Waals surface area contributed by atoms with Gasteiger partial charge in [-0.05, 0) is 44.6 Å². The maximum absolute atomic E-state index is 13.0. The molecule has 1 saturated carbocycles. The number of amides is 1. The van der Waals surface area contributed by atoms with E-state index in [9.17, 15) is 4.79 Å². The number of rotatable bonds is 4. The lowest BCUT2D eigenvalue weighted by Crippen LogP contribution is -2.65. The molecule has 2 fully saturated rings. The number of hydrogen-bond donors (Lipinski definition) is 0. The fraction of sp³-hybridized carbons (Fsp3) is 0.632. The van der Waals surface area contributed by atoms with E-state index in [2.05, 4.69) is 4.90 Å². The molecule has 0 bridgehead atoms. The van der Waals surface area contributed by atoms with Crippen LogP contribution in [-0.4, -0.2) is 67.9 Å². The monoisotopic (exact) mass is 400 g/mol. The third-order valence-electron chi connectivity index (χ3n) is 5.43. The maximum atomic E-state index is 13.0. The first-order valence-corrected chi connectivity index (χ1v) is 9.73. The van der Waals surface area contributed by atoms with Crippen LogP contribution >= 0.6 is 23.2 Å². The van der Waals surface area contributed by atoms with Gasteiger partial charge in [0.15, 0.2) is 5.79 Å². The summed E-state index contributed by atoms with van der Waals surface area (Å²) in [4.78, 5) is 17.0. The molecule has 1 spiro atoms. The van der Waals surface area contributed by atoms with Crippen LogP contribution in [0.2, 0.25) is 10.0 Å². The molecule has 1 heterocycles. The molecule has 2 unspecified atom stereocenters. The largest absolute Gasteiger partial charge is 0.345 e. The highest BCUT2D eigenvalue weighted by Gasteiger charge is 2.53. The summed E-state index contributed by atoms with van der Waals surface area (Å²) in [6.07, 6.45) is 3.11. The van der Waals surface area contributed by atoms with Gasteiger partial charge in [0.1, 0.15) is 6.04 Å². The molecule has 1 aromatic carbocycles. The standard InChI is InChI=1S/C19H26Cl2N2O3/c1-22(2)16-5-4-8-19(25-9-10-26-19)18(16)23(3)17(24)12-13-6-7-14(20)15(21)11-13/h6-7,11,16,18H,4-5,8-10,12H2,1-3H3. The molecule has 0 radical (unpaired) electrons. The smallest absolute Gasteiger partial charge is 0.227 e. The van der Waals surface area contributed by atoms with Gasteiger partial charge in [0.05, 0.1) is 29.7 Å². The number of benzene rings is 1. The van der Waals surface area contributed by atoms with Gasteiger partial charge < -0.3 is 19.3 Å². The molecule has 5 nitrogen and oxygen atoms in total. The molecule has 1 aliphatic carbocycles. The van der Waals surface area contributed by atoms with Crippen molar-refractivity contribution in [1.29, 1.82) is 0 Å². The van der Waals surface area contributed by atoms with Crippen molar-refractivity contribution < 1.29 is 14.3 Å². The quantitative estimate of drug-likeness (QED) is 0.777. The van der Waals surface area contributed by atoms with E-state index in [1.165, 1.54) is 0 Å². The van der Waals surface area contributed by atoms with Gasteiger partial charge in [-0.2, -0.15) is 0 Å². The Labute approximate surface area is 165 Å². The first-order valence-electron chi connectivity index (χ1n) is 8.98. The van der Waals surface area contributed by atoms with Gasteiger partial charge >= 0.3 is 0 Å². The lowest BCUT2D eigenvalue weighted by atomic mass is 9.83. The van der Waals surface area contributed by atoms with Gasteiger partial charge in [-0.15, -0.1) is 0 Å². The fourth-order valence-corrected chi connectivity index (χ4v) is 4.46. The summed E-state index contributed by atoms with van der Waals surface area (Å²) in [6, 6.07) is 5.34. The molecule has 3 rings (SSSR count). The van der Waals surface area contributed by atoms with Crippen molar-refractivity contribution >= 4 is 29.1 Å². The van der Waals surface area contributed by atoms with E-state index in [0.717, 1.165) is 24.8 Å². The van der Waals surface area contributed by atoms with Crippen LogP contribution in [0.5, 0.6) is 0 Å². The van der Waals surface area contributed by atoms with Crippen molar-refractivity contribution in [3.05, 3.63) is 33.8 Å². The second-order valence-corrected chi connectivity index (χ2v) is 8.12. The minimum atomic E-state index is -0.699. The SMILES string of the molecule is CN(C)C1CCCC2(OCCO2)C1N(C)C(=O)Cc1ccc(Cl)c(Cl)c1. The summed E-state index contributed by atoms with van der Waals surface area (Å²) in [5.41, 5.74) is 0.843. The van der Waals surface area contributed by atoms with Crippen LogP contribution in [0.15, 0.2) is 18.2 Å². The van der Waals surface area contributed by atoms with Crippen LogP contribution in [0, 0.1) is 0 Å². The van der Waals surface area contributed by atoms with Gasteiger partial charge in [-0.3, -0.25) is 4.79 Å². The van der Waals surface area contributed by atoms with Crippen molar-refractivity contribution in [2.24, 2.45) is 0 Å². The second kappa shape index (κ2) is 8.03. The Balaban J connectivity index is 1.82. The second-order valence-electron chi connectivity index (χ2n) is 7.31. The van der Waals surface area contributed by atoms with Gasteiger partial charge in [-0.1, -0.05) is 29.3 Å². The Morgan fingerprint density at radius 2 is 1.88 bits per heavy atom. The van der Waals surface area contributed by atoms with Crippen LogP contribution in [0.4, 0.5) is 0 Å². The molecular weight excluding hydrogens is 375 g/mol. The van der Waals surface area contributed by atoms with Gasteiger partial charge in [-0.25, -0.2) is 0 Å². The first-order chi connectivity index (χ1) is 12.3. The molecular formula is C19H26Cl2N2O3. The van der Waals surface area contributed by atoms with Crippen molar-refractivity contribution in [1.82, 2.24) is 9.80 Å². The number of carbonyl (C=O) groups excluding carboxylic acids is 1. The highest BCUT2D eigenvalue weighted by molar-refractivity contribution is 6.42. The molecule has 1 aromatic rings. The van der Waals surface area contributed by atoms with Crippen LogP contribution < -0.4 is 0 Å². The molecule has 7 heteroatoms. The minimum absolute atomic E-state index is 0.0145. The molecule has 26 heavy (non-hydrogen) atoms. The molecule has 0 N–H and O–H groups in total. The van der Waals surface area contributed by atoms with E-state index in [1.807, 2.05) is 27.2 Å². The van der Waals surface area contributed by atoms with Crippen LogP contribution in [-0.2, 0) is 20.7 Å². The molecule has 1 aliphatic heterocycles. The predicted octanol–water partition coefficient (Wildman–Crippen LogP) is 3.22. The molecule has 2 atom stereocenters. The van der Waals surface area contributed by atoms with Crippen molar-refractivity contribution in [2.75, 3.05) is 34.4 Å². The number of likely N-dealkylation sites (N-methyl/N-ethyl adjacent to an activating group) is 2. The zero-order chi connectivity index (χ0) is 18.9. The van der Waals surface area contributed by atoms with E-state index in [1.54, 1.807) is 17.0 Å². The normalized spacial score (nSPS) is 25.0. The Kier molecular flexibility index (Phi) is 6.14. The van der Waals surface area contributed by atoms with Crippen LogP contribution in [0.1, 0.15) is 24.8 Å². The predicted molar refractivity (Wildman–Crippen MR) is 103 cm³/mol. The number of carbonyl (C=O) groups is 1. The first kappa shape index (κ1) is 19.9. The van der Waals surface area contributed by atoms with Gasteiger partial charge in [0, 0.05) is 19.5 Å². The van der Waals surface area contributed by atoms with Gasteiger partial charge in [0.25, 0.3) is 0 Å². The molecule has 1 saturated heterocycles. The lowest BCUT2D eigenvalue weighted by molar-refractivity contribution is -0.228. The van der Waals surface area contributed by atoms with Crippen molar-refractivity contribution in [3.63, 3.8) is 0 Å². The number of halogens is 2. The topological polar surface area (TPSA) is 42.0 Å². The molecule has 144 valence electrons. The average Bonchev–Trinajstić information content (AvgIpc) is 3.06. The molecule has 0 aromatic heterocycles. The molecule has 1 amide bonds. The van der Waals surface area contributed by atoms with Crippen LogP contribution in [0.3, 0.4) is 0 Å². The Morgan fingerprint density at radius 3 is 2.50 bits per heavy atom. The highest BCUT2D eigenvalue weighted by atomic mass is 35.5. The minimum Gasteiger partial charge on any atom is -0.345 e. The van der Waals surface area contributed by atoms with E-state index in [4.69, 9.17) is 32.7 Å².